The number of hydrogen-bond donors (Lipinski definition) is 1. The Balaban J connectivity index is 1.68. The highest BCUT2D eigenvalue weighted by molar-refractivity contribution is 7.89. The van der Waals surface area contributed by atoms with Crippen LogP contribution in [-0.4, -0.2) is 72.8 Å². The van der Waals surface area contributed by atoms with Crippen molar-refractivity contribution in [1.29, 1.82) is 0 Å². The molecular weight excluding hydrogens is 486 g/mol. The van der Waals surface area contributed by atoms with E-state index in [-0.39, 0.29) is 10.8 Å². The Bertz CT molecular complexity index is 1320. The molecule has 0 radical (unpaired) electrons. The van der Waals surface area contributed by atoms with Gasteiger partial charge in [0, 0.05) is 43.0 Å². The number of aromatic nitrogens is 2. The van der Waals surface area contributed by atoms with Crippen LogP contribution < -0.4 is 5.32 Å². The van der Waals surface area contributed by atoms with Crippen molar-refractivity contribution in [2.24, 2.45) is 5.92 Å². The monoisotopic (exact) mass is 523 g/mol. The molecule has 9 heteroatoms. The lowest BCUT2D eigenvalue weighted by Gasteiger charge is -2.29. The van der Waals surface area contributed by atoms with Crippen molar-refractivity contribution in [3.8, 4) is 11.3 Å². The third-order valence-corrected chi connectivity index (χ3v) is 9.09. The fourth-order valence-electron chi connectivity index (χ4n) is 4.73. The summed E-state index contributed by atoms with van der Waals surface area (Å²) >= 11 is 0. The Morgan fingerprint density at radius 2 is 1.89 bits per heavy atom. The topological polar surface area (TPSA) is 95.5 Å². The van der Waals surface area contributed by atoms with E-state index in [2.05, 4.69) is 36.0 Å². The molecule has 1 N–H and O–H groups in total. The predicted molar refractivity (Wildman–Crippen MR) is 147 cm³/mol. The van der Waals surface area contributed by atoms with Crippen LogP contribution in [0.15, 0.2) is 53.7 Å². The minimum Gasteiger partial charge on any atom is -0.352 e. The molecule has 3 aromatic rings. The lowest BCUT2D eigenvalue weighted by atomic mass is 10.0. The van der Waals surface area contributed by atoms with E-state index >= 15 is 0 Å². The number of pyridine rings is 2. The standard InChI is InChI=1S/C28H37N5O3S/c1-4-32(5-2)15-7-14-30-28(34)25-19-27(22-8-6-13-29-20-22)31-26-10-9-23(18-24(25)26)37(35,36)33-16-11-21(3)12-17-33/h6,8-10,13,18-21H,4-5,7,11-12,14-17H2,1-3H3,(H,30,34). The zero-order valence-electron chi connectivity index (χ0n) is 22.0. The van der Waals surface area contributed by atoms with Crippen molar-refractivity contribution in [2.75, 3.05) is 39.3 Å². The molecule has 4 rings (SSSR count). The van der Waals surface area contributed by atoms with E-state index in [4.69, 9.17) is 4.98 Å². The molecular formula is C28H37N5O3S. The van der Waals surface area contributed by atoms with Gasteiger partial charge in [-0.15, -0.1) is 0 Å². The largest absolute Gasteiger partial charge is 0.352 e. The zero-order valence-corrected chi connectivity index (χ0v) is 22.8. The van der Waals surface area contributed by atoms with E-state index in [0.29, 0.717) is 47.7 Å². The summed E-state index contributed by atoms with van der Waals surface area (Å²) in [5.74, 6) is 0.286. The van der Waals surface area contributed by atoms with Crippen LogP contribution in [0.1, 0.15) is 50.4 Å². The molecule has 0 saturated carbocycles. The number of piperidine rings is 1. The van der Waals surface area contributed by atoms with E-state index in [1.54, 1.807) is 41.0 Å². The lowest BCUT2D eigenvalue weighted by Crippen LogP contribution is -2.37. The summed E-state index contributed by atoms with van der Waals surface area (Å²) in [5.41, 5.74) is 2.39. The van der Waals surface area contributed by atoms with Crippen molar-refractivity contribution >= 4 is 26.8 Å². The van der Waals surface area contributed by atoms with E-state index in [9.17, 15) is 13.2 Å². The molecule has 0 unspecified atom stereocenters. The fourth-order valence-corrected chi connectivity index (χ4v) is 6.23. The number of hydrogen-bond acceptors (Lipinski definition) is 6. The van der Waals surface area contributed by atoms with Gasteiger partial charge in [-0.1, -0.05) is 20.8 Å². The number of nitrogens with one attached hydrogen (secondary N) is 1. The van der Waals surface area contributed by atoms with E-state index in [0.717, 1.165) is 44.5 Å². The second kappa shape index (κ2) is 12.1. The molecule has 1 aliphatic heterocycles. The Morgan fingerprint density at radius 3 is 2.57 bits per heavy atom. The van der Waals surface area contributed by atoms with E-state index in [1.165, 1.54) is 0 Å². The summed E-state index contributed by atoms with van der Waals surface area (Å²) in [6, 6.07) is 10.4. The van der Waals surface area contributed by atoms with Crippen LogP contribution in [0.25, 0.3) is 22.2 Å². The van der Waals surface area contributed by atoms with Crippen LogP contribution in [0.4, 0.5) is 0 Å². The molecule has 2 aromatic heterocycles. The Kier molecular flexibility index (Phi) is 8.89. The number of amides is 1. The van der Waals surface area contributed by atoms with Crippen molar-refractivity contribution in [3.63, 3.8) is 0 Å². The summed E-state index contributed by atoms with van der Waals surface area (Å²) in [7, 11) is -3.66. The molecule has 3 heterocycles. The van der Waals surface area contributed by atoms with Crippen molar-refractivity contribution < 1.29 is 13.2 Å². The quantitative estimate of drug-likeness (QED) is 0.401. The second-order valence-electron chi connectivity index (χ2n) is 9.70. The maximum absolute atomic E-state index is 13.4. The molecule has 0 bridgehead atoms. The molecule has 1 amide bonds. The van der Waals surface area contributed by atoms with Gasteiger partial charge >= 0.3 is 0 Å². The van der Waals surface area contributed by atoms with Gasteiger partial charge in [0.05, 0.1) is 21.7 Å². The smallest absolute Gasteiger partial charge is 0.252 e. The number of sulfonamides is 1. The lowest BCUT2D eigenvalue weighted by molar-refractivity contribution is 0.0953. The third kappa shape index (κ3) is 6.34. The van der Waals surface area contributed by atoms with E-state index in [1.807, 2.05) is 12.1 Å². The highest BCUT2D eigenvalue weighted by Crippen LogP contribution is 2.29. The number of carbonyl (C=O) groups excluding carboxylic acids is 1. The van der Waals surface area contributed by atoms with Crippen LogP contribution in [0, 0.1) is 5.92 Å². The Hall–Kier alpha value is -2.88. The van der Waals surface area contributed by atoms with Crippen LogP contribution in [0.3, 0.4) is 0 Å². The average molecular weight is 524 g/mol. The normalized spacial score (nSPS) is 15.4. The van der Waals surface area contributed by atoms with Gasteiger partial charge in [-0.25, -0.2) is 13.4 Å². The summed E-state index contributed by atoms with van der Waals surface area (Å²) in [4.78, 5) is 24.8. The second-order valence-corrected chi connectivity index (χ2v) is 11.6. The third-order valence-electron chi connectivity index (χ3n) is 7.19. The van der Waals surface area contributed by atoms with Gasteiger partial charge in [0.25, 0.3) is 5.91 Å². The first-order valence-electron chi connectivity index (χ1n) is 13.2. The van der Waals surface area contributed by atoms with Crippen molar-refractivity contribution in [3.05, 3.63) is 54.4 Å². The summed E-state index contributed by atoms with van der Waals surface area (Å²) in [6.45, 7) is 10.8. The Morgan fingerprint density at radius 1 is 1.14 bits per heavy atom. The minimum absolute atomic E-state index is 0.195. The molecule has 198 valence electrons. The molecule has 1 fully saturated rings. The Labute approximate surface area is 220 Å². The maximum atomic E-state index is 13.4. The highest BCUT2D eigenvalue weighted by Gasteiger charge is 2.29. The van der Waals surface area contributed by atoms with Crippen LogP contribution in [-0.2, 0) is 10.0 Å². The van der Waals surface area contributed by atoms with Crippen molar-refractivity contribution in [2.45, 2.75) is 44.9 Å². The predicted octanol–water partition coefficient (Wildman–Crippen LogP) is 4.18. The van der Waals surface area contributed by atoms with Gasteiger partial charge in [-0.3, -0.25) is 9.78 Å². The first-order valence-corrected chi connectivity index (χ1v) is 14.6. The van der Waals surface area contributed by atoms with Gasteiger partial charge in [0.2, 0.25) is 10.0 Å². The molecule has 0 atom stereocenters. The molecule has 1 aliphatic rings. The summed E-state index contributed by atoms with van der Waals surface area (Å²) < 4.78 is 28.4. The van der Waals surface area contributed by atoms with Crippen LogP contribution in [0.5, 0.6) is 0 Å². The molecule has 0 aliphatic carbocycles. The zero-order chi connectivity index (χ0) is 26.4. The first kappa shape index (κ1) is 27.2. The van der Waals surface area contributed by atoms with Crippen LogP contribution >= 0.6 is 0 Å². The molecule has 37 heavy (non-hydrogen) atoms. The number of nitrogens with zero attached hydrogens (tertiary/aromatic N) is 4. The first-order chi connectivity index (χ1) is 17.8. The number of rotatable bonds is 10. The van der Waals surface area contributed by atoms with Crippen molar-refractivity contribution in [1.82, 2.24) is 24.5 Å². The van der Waals surface area contributed by atoms with Gasteiger partial charge in [0.15, 0.2) is 0 Å². The van der Waals surface area contributed by atoms with E-state index < -0.39 is 10.0 Å². The minimum atomic E-state index is -3.66. The highest BCUT2D eigenvalue weighted by atomic mass is 32.2. The van der Waals surface area contributed by atoms with Gasteiger partial charge in [-0.05, 0) is 81.2 Å². The average Bonchev–Trinajstić information content (AvgIpc) is 2.92. The number of carbonyl (C=O) groups is 1. The molecule has 1 saturated heterocycles. The van der Waals surface area contributed by atoms with Gasteiger partial charge in [0.1, 0.15) is 0 Å². The SMILES string of the molecule is CCN(CC)CCCNC(=O)c1cc(-c2cccnc2)nc2ccc(S(=O)(=O)N3CCC(C)CC3)cc12. The summed E-state index contributed by atoms with van der Waals surface area (Å²) in [5, 5.41) is 3.56. The molecule has 0 spiro atoms. The van der Waals surface area contributed by atoms with Crippen LogP contribution in [0.2, 0.25) is 0 Å². The van der Waals surface area contributed by atoms with Gasteiger partial charge in [-0.2, -0.15) is 4.31 Å². The number of fused-ring (bicyclic) bond motifs is 1. The number of benzene rings is 1. The van der Waals surface area contributed by atoms with Gasteiger partial charge < -0.3 is 10.2 Å². The fraction of sp³-hybridized carbons (Fsp3) is 0.464. The molecule has 8 nitrogen and oxygen atoms in total. The maximum Gasteiger partial charge on any atom is 0.252 e. The molecule has 1 aromatic carbocycles. The summed E-state index contributed by atoms with van der Waals surface area (Å²) in [6.07, 6.45) is 5.93.